The Morgan fingerprint density at radius 2 is 0.833 bits per heavy atom. The molecule has 0 saturated carbocycles. The number of rotatable bonds is 10. The van der Waals surface area contributed by atoms with Crippen molar-refractivity contribution in [1.82, 2.24) is 10.1 Å². The Kier molecular flexibility index (Phi) is 9.75. The van der Waals surface area contributed by atoms with E-state index in [0.29, 0.717) is 0 Å². The topological polar surface area (TPSA) is 19.0 Å². The molecule has 0 aromatic carbocycles. The van der Waals surface area contributed by atoms with Gasteiger partial charge in [0.25, 0.3) is 0 Å². The van der Waals surface area contributed by atoms with Crippen molar-refractivity contribution in [2.75, 3.05) is 46.4 Å². The quantitative estimate of drug-likeness (QED) is 0.576. The van der Waals surface area contributed by atoms with Crippen molar-refractivity contribution in [3.63, 3.8) is 0 Å². The molecule has 0 heterocycles. The summed E-state index contributed by atoms with van der Waals surface area (Å²) in [4.78, 5) is 0. The zero-order chi connectivity index (χ0) is 14.2. The van der Waals surface area contributed by atoms with Crippen LogP contribution in [0.3, 0.4) is 0 Å². The average Bonchev–Trinajstić information content (AvgIpc) is 2.41. The molecule has 4 nitrogen and oxygen atoms in total. The molecule has 0 unspecified atom stereocenters. The summed E-state index contributed by atoms with van der Waals surface area (Å²) < 4.78 is 14.0. The Morgan fingerprint density at radius 3 is 0.944 bits per heavy atom. The van der Waals surface area contributed by atoms with E-state index in [2.05, 4.69) is 51.7 Å². The second-order valence-corrected chi connectivity index (χ2v) is 9.69. The van der Waals surface area contributed by atoms with Crippen LogP contribution in [-0.4, -0.2) is 56.5 Å². The molecule has 0 atom stereocenters. The molecule has 110 valence electrons. The molecule has 0 aliphatic carbocycles. The summed E-state index contributed by atoms with van der Waals surface area (Å²) in [5, 5.41) is 0. The van der Waals surface area contributed by atoms with E-state index in [0.717, 1.165) is 39.3 Å². The van der Waals surface area contributed by atoms with Gasteiger partial charge in [-0.15, -0.1) is 0 Å². The molecule has 18 heavy (non-hydrogen) atoms. The molecular weight excluding hydrogens is 262 g/mol. The van der Waals surface area contributed by atoms with Crippen molar-refractivity contribution >= 4 is 0 Å². The summed E-state index contributed by atoms with van der Waals surface area (Å²) in [6.07, 6.45) is 0. The van der Waals surface area contributed by atoms with E-state index < -0.39 is 17.7 Å². The second kappa shape index (κ2) is 9.46. The van der Waals surface area contributed by atoms with E-state index in [4.69, 9.17) is 3.32 Å². The minimum absolute atomic E-state index is 1.07. The third-order valence-electron chi connectivity index (χ3n) is 3.80. The standard InChI is InChI=1S/3C4H10N.CH3O.Ti/c3*1-3-5-4-2;1-2;/h3*3-4H2,1-2H3;1H3;/q4*-1;+4. The number of hydrogen-bond acceptors (Lipinski definition) is 4. The second-order valence-electron chi connectivity index (χ2n) is 4.29. The van der Waals surface area contributed by atoms with Crippen molar-refractivity contribution in [2.45, 2.75) is 41.5 Å². The van der Waals surface area contributed by atoms with E-state index in [1.54, 1.807) is 0 Å². The maximum atomic E-state index is 6.24. The molecule has 5 heteroatoms. The van der Waals surface area contributed by atoms with Gasteiger partial charge in [0.15, 0.2) is 0 Å². The van der Waals surface area contributed by atoms with Gasteiger partial charge in [0, 0.05) is 0 Å². The molecule has 0 saturated heterocycles. The van der Waals surface area contributed by atoms with E-state index in [-0.39, 0.29) is 0 Å². The van der Waals surface area contributed by atoms with Crippen LogP contribution in [0.2, 0.25) is 0 Å². The molecule has 0 fully saturated rings. The van der Waals surface area contributed by atoms with Crippen molar-refractivity contribution in [1.29, 1.82) is 0 Å². The van der Waals surface area contributed by atoms with E-state index in [1.165, 1.54) is 0 Å². The molecule has 0 amide bonds. The van der Waals surface area contributed by atoms with E-state index in [9.17, 15) is 0 Å². The number of nitrogens with zero attached hydrogens (tertiary/aromatic N) is 3. The first-order valence-electron chi connectivity index (χ1n) is 7.42. The van der Waals surface area contributed by atoms with Gasteiger partial charge >= 0.3 is 119 Å². The summed E-state index contributed by atoms with van der Waals surface area (Å²) in [6.45, 7) is 19.9. The van der Waals surface area contributed by atoms with Crippen molar-refractivity contribution < 1.29 is 21.1 Å². The van der Waals surface area contributed by atoms with Gasteiger partial charge in [0.05, 0.1) is 0 Å². The Morgan fingerprint density at radius 1 is 0.611 bits per heavy atom. The maximum absolute atomic E-state index is 6.24. The first kappa shape index (κ1) is 18.6. The van der Waals surface area contributed by atoms with Crippen LogP contribution in [0.5, 0.6) is 0 Å². The third kappa shape index (κ3) is 3.56. The van der Waals surface area contributed by atoms with Crippen LogP contribution in [0.4, 0.5) is 0 Å². The monoisotopic (exact) mass is 295 g/mol. The molecule has 0 radical (unpaired) electrons. The van der Waals surface area contributed by atoms with Crippen molar-refractivity contribution in [2.24, 2.45) is 0 Å². The van der Waals surface area contributed by atoms with Crippen LogP contribution in [0.1, 0.15) is 41.5 Å². The third-order valence-corrected chi connectivity index (χ3v) is 11.5. The van der Waals surface area contributed by atoms with Gasteiger partial charge in [-0.25, -0.2) is 0 Å². The summed E-state index contributed by atoms with van der Waals surface area (Å²) in [5.74, 6) is 0. The molecule has 0 aliphatic heterocycles. The van der Waals surface area contributed by atoms with Crippen LogP contribution >= 0.6 is 0 Å². The van der Waals surface area contributed by atoms with Gasteiger partial charge in [0.1, 0.15) is 0 Å². The first-order valence-corrected chi connectivity index (χ1v) is 10.2. The summed E-state index contributed by atoms with van der Waals surface area (Å²) >= 11 is -2.77. The van der Waals surface area contributed by atoms with Crippen LogP contribution in [-0.2, 0) is 21.1 Å². The zero-order valence-corrected chi connectivity index (χ0v) is 15.1. The van der Waals surface area contributed by atoms with Crippen LogP contribution < -0.4 is 0 Å². The van der Waals surface area contributed by atoms with Crippen molar-refractivity contribution in [3.8, 4) is 0 Å². The molecule has 0 aliphatic rings. The molecule has 0 spiro atoms. The van der Waals surface area contributed by atoms with Gasteiger partial charge in [0.2, 0.25) is 0 Å². The molecule has 0 rings (SSSR count). The normalized spacial score (nSPS) is 13.0. The fraction of sp³-hybridized carbons (Fsp3) is 1.00. The minimum atomic E-state index is -2.77. The summed E-state index contributed by atoms with van der Waals surface area (Å²) in [7, 11) is 1.91. The van der Waals surface area contributed by atoms with Gasteiger partial charge < -0.3 is 0 Å². The van der Waals surface area contributed by atoms with Crippen LogP contribution in [0.15, 0.2) is 0 Å². The molecular formula is C13H33N3OTi. The fourth-order valence-electron chi connectivity index (χ4n) is 2.89. The van der Waals surface area contributed by atoms with E-state index in [1.807, 2.05) is 7.11 Å². The van der Waals surface area contributed by atoms with Gasteiger partial charge in [-0.2, -0.15) is 0 Å². The SMILES string of the molecule is CC[N](CC)[Ti]([O]C)([N](CC)CC)[N](CC)CC. The average molecular weight is 295 g/mol. The van der Waals surface area contributed by atoms with Gasteiger partial charge in [-0.1, -0.05) is 0 Å². The van der Waals surface area contributed by atoms with Gasteiger partial charge in [-0.3, -0.25) is 0 Å². The Labute approximate surface area is 119 Å². The first-order chi connectivity index (χ1) is 8.62. The predicted molar refractivity (Wildman–Crippen MR) is 75.8 cm³/mol. The van der Waals surface area contributed by atoms with Gasteiger partial charge in [-0.05, 0) is 0 Å². The van der Waals surface area contributed by atoms with Crippen LogP contribution in [0.25, 0.3) is 0 Å². The Bertz CT molecular complexity index is 173. The fourth-order valence-corrected chi connectivity index (χ4v) is 9.84. The molecule has 0 aromatic heterocycles. The molecule has 0 aromatic rings. The Hall–Kier alpha value is 0.554. The predicted octanol–water partition coefficient (Wildman–Crippen LogP) is 2.47. The molecule has 0 N–H and O–H groups in total. The Balaban J connectivity index is 5.55. The van der Waals surface area contributed by atoms with Crippen molar-refractivity contribution in [3.05, 3.63) is 0 Å². The summed E-state index contributed by atoms with van der Waals surface area (Å²) in [5.41, 5.74) is 0. The zero-order valence-electron chi connectivity index (χ0n) is 13.5. The van der Waals surface area contributed by atoms with Crippen LogP contribution in [0, 0.1) is 0 Å². The van der Waals surface area contributed by atoms with E-state index >= 15 is 0 Å². The molecule has 0 bridgehead atoms. The number of hydrogen-bond donors (Lipinski definition) is 0. The summed E-state index contributed by atoms with van der Waals surface area (Å²) in [6, 6.07) is 0.